The van der Waals surface area contributed by atoms with Crippen LogP contribution in [0.4, 0.5) is 5.69 Å². The van der Waals surface area contributed by atoms with Crippen molar-refractivity contribution in [3.63, 3.8) is 0 Å². The molecule has 146 valence electrons. The largest absolute Gasteiger partial charge is 0.353 e. The van der Waals surface area contributed by atoms with Crippen LogP contribution < -0.4 is 9.62 Å². The first-order valence-electron chi connectivity index (χ1n) is 8.59. The molecule has 0 aliphatic heterocycles. The van der Waals surface area contributed by atoms with Crippen LogP contribution in [0.3, 0.4) is 0 Å². The Labute approximate surface area is 163 Å². The van der Waals surface area contributed by atoms with Crippen molar-refractivity contribution < 1.29 is 13.2 Å². The Morgan fingerprint density at radius 3 is 2.56 bits per heavy atom. The zero-order chi connectivity index (χ0) is 19.6. The Morgan fingerprint density at radius 2 is 1.96 bits per heavy atom. The Bertz CT molecular complexity index is 921. The van der Waals surface area contributed by atoms with Gasteiger partial charge in [0.2, 0.25) is 15.9 Å². The number of anilines is 1. The number of benzene rings is 1. The number of thioether (sulfide) groups is 1. The smallest absolute Gasteiger partial charge is 0.232 e. The highest BCUT2D eigenvalue weighted by Crippen LogP contribution is 2.23. The minimum atomic E-state index is -3.49. The van der Waals surface area contributed by atoms with Gasteiger partial charge in [-0.15, -0.1) is 10.2 Å². The van der Waals surface area contributed by atoms with Gasteiger partial charge in [-0.2, -0.15) is 0 Å². The maximum Gasteiger partial charge on any atom is 0.232 e. The lowest BCUT2D eigenvalue weighted by atomic mass is 10.2. The van der Waals surface area contributed by atoms with Crippen molar-refractivity contribution in [1.29, 1.82) is 0 Å². The van der Waals surface area contributed by atoms with Crippen LogP contribution >= 0.6 is 11.8 Å². The van der Waals surface area contributed by atoms with E-state index in [0.29, 0.717) is 22.7 Å². The second-order valence-corrected chi connectivity index (χ2v) is 9.54. The highest BCUT2D eigenvalue weighted by molar-refractivity contribution is 7.99. The average Bonchev–Trinajstić information content (AvgIpc) is 3.34. The Kier molecular flexibility index (Phi) is 5.75. The molecule has 3 rings (SSSR count). The van der Waals surface area contributed by atoms with Crippen LogP contribution in [0, 0.1) is 6.92 Å². The van der Waals surface area contributed by atoms with E-state index in [1.807, 2.05) is 19.1 Å². The Hall–Kier alpha value is -2.07. The fraction of sp³-hybridized carbons (Fsp3) is 0.471. The quantitative estimate of drug-likeness (QED) is 0.663. The van der Waals surface area contributed by atoms with Gasteiger partial charge in [0.25, 0.3) is 0 Å². The molecule has 1 amide bonds. The van der Waals surface area contributed by atoms with Crippen LogP contribution in [0.2, 0.25) is 0 Å². The van der Waals surface area contributed by atoms with E-state index in [0.717, 1.165) is 18.4 Å². The van der Waals surface area contributed by atoms with Gasteiger partial charge in [-0.1, -0.05) is 29.5 Å². The number of amides is 1. The standard InChI is InChI=1S/C17H23N5O3S2/c1-12-4-8-14(9-5-12)22(27(3,24)25)10-15-19-20-17(21(15)2)26-11-16(23)18-13-6-7-13/h4-5,8-9,13H,6-7,10-11H2,1-3H3,(H,18,23). The van der Waals surface area contributed by atoms with E-state index >= 15 is 0 Å². The second kappa shape index (κ2) is 7.89. The third-order valence-electron chi connectivity index (χ3n) is 4.21. The first kappa shape index (κ1) is 19.7. The van der Waals surface area contributed by atoms with Gasteiger partial charge in [0.05, 0.1) is 24.2 Å². The van der Waals surface area contributed by atoms with Crippen molar-refractivity contribution in [1.82, 2.24) is 20.1 Å². The number of sulfonamides is 1. The maximum atomic E-state index is 12.3. The van der Waals surface area contributed by atoms with E-state index in [-0.39, 0.29) is 18.2 Å². The van der Waals surface area contributed by atoms with E-state index in [2.05, 4.69) is 15.5 Å². The highest BCUT2D eigenvalue weighted by atomic mass is 32.2. The number of hydrogen-bond acceptors (Lipinski definition) is 6. The van der Waals surface area contributed by atoms with Crippen LogP contribution in [-0.2, 0) is 28.4 Å². The molecule has 27 heavy (non-hydrogen) atoms. The van der Waals surface area contributed by atoms with Crippen molar-refractivity contribution in [2.24, 2.45) is 7.05 Å². The molecule has 2 aromatic rings. The monoisotopic (exact) mass is 409 g/mol. The number of rotatable bonds is 8. The minimum Gasteiger partial charge on any atom is -0.353 e. The zero-order valence-corrected chi connectivity index (χ0v) is 17.2. The summed E-state index contributed by atoms with van der Waals surface area (Å²) in [5.74, 6) is 0.742. The van der Waals surface area contributed by atoms with E-state index in [4.69, 9.17) is 0 Å². The molecule has 1 aromatic heterocycles. The molecule has 8 nitrogen and oxygen atoms in total. The molecule has 1 aliphatic carbocycles. The number of aromatic nitrogens is 3. The Balaban J connectivity index is 1.71. The van der Waals surface area contributed by atoms with E-state index < -0.39 is 10.0 Å². The normalized spacial score (nSPS) is 14.2. The number of hydrogen-bond donors (Lipinski definition) is 1. The van der Waals surface area contributed by atoms with Gasteiger partial charge in [0.1, 0.15) is 0 Å². The summed E-state index contributed by atoms with van der Waals surface area (Å²) in [5.41, 5.74) is 1.62. The lowest BCUT2D eigenvalue weighted by Crippen LogP contribution is -2.30. The average molecular weight is 410 g/mol. The number of carbonyl (C=O) groups excluding carboxylic acids is 1. The number of carbonyl (C=O) groups is 1. The molecule has 0 bridgehead atoms. The fourth-order valence-corrected chi connectivity index (χ4v) is 4.07. The molecule has 10 heteroatoms. The molecule has 1 heterocycles. The van der Waals surface area contributed by atoms with Gasteiger partial charge in [-0.25, -0.2) is 8.42 Å². The van der Waals surface area contributed by atoms with E-state index in [1.54, 1.807) is 23.7 Å². The molecule has 0 unspecified atom stereocenters. The maximum absolute atomic E-state index is 12.3. The molecule has 0 saturated heterocycles. The van der Waals surface area contributed by atoms with Crippen molar-refractivity contribution in [3.05, 3.63) is 35.7 Å². The topological polar surface area (TPSA) is 97.2 Å². The molecule has 1 fully saturated rings. The fourth-order valence-electron chi connectivity index (χ4n) is 2.48. The molecule has 1 saturated carbocycles. The van der Waals surface area contributed by atoms with Crippen LogP contribution in [0.15, 0.2) is 29.4 Å². The molecule has 1 aromatic carbocycles. The van der Waals surface area contributed by atoms with Crippen LogP contribution in [0.1, 0.15) is 24.2 Å². The first-order chi connectivity index (χ1) is 12.7. The first-order valence-corrected chi connectivity index (χ1v) is 11.4. The Morgan fingerprint density at radius 1 is 1.30 bits per heavy atom. The van der Waals surface area contributed by atoms with Gasteiger partial charge in [0, 0.05) is 13.1 Å². The van der Waals surface area contributed by atoms with Gasteiger partial charge in [-0.05, 0) is 31.9 Å². The summed E-state index contributed by atoms with van der Waals surface area (Å²) in [6.45, 7) is 2.01. The second-order valence-electron chi connectivity index (χ2n) is 6.69. The predicted molar refractivity (Wildman–Crippen MR) is 105 cm³/mol. The molecular weight excluding hydrogens is 386 g/mol. The number of aryl methyl sites for hydroxylation is 1. The van der Waals surface area contributed by atoms with Crippen LogP contribution in [0.25, 0.3) is 0 Å². The highest BCUT2D eigenvalue weighted by Gasteiger charge is 2.24. The third kappa shape index (κ3) is 5.23. The van der Waals surface area contributed by atoms with Crippen LogP contribution in [0.5, 0.6) is 0 Å². The summed E-state index contributed by atoms with van der Waals surface area (Å²) in [7, 11) is -1.72. The molecule has 0 atom stereocenters. The van der Waals surface area contributed by atoms with Crippen LogP contribution in [-0.4, -0.2) is 47.1 Å². The zero-order valence-electron chi connectivity index (χ0n) is 15.5. The summed E-state index contributed by atoms with van der Waals surface area (Å²) in [6.07, 6.45) is 3.26. The lowest BCUT2D eigenvalue weighted by Gasteiger charge is -2.22. The molecule has 1 N–H and O–H groups in total. The lowest BCUT2D eigenvalue weighted by molar-refractivity contribution is -0.118. The predicted octanol–water partition coefficient (Wildman–Crippen LogP) is 1.46. The SMILES string of the molecule is Cc1ccc(N(Cc2nnc(SCC(=O)NC3CC3)n2C)S(C)(=O)=O)cc1. The van der Waals surface area contributed by atoms with Crippen molar-refractivity contribution in [2.75, 3.05) is 16.3 Å². The summed E-state index contributed by atoms with van der Waals surface area (Å²) in [6, 6.07) is 7.59. The van der Waals surface area contributed by atoms with Gasteiger partial charge in [0.15, 0.2) is 11.0 Å². The molecular formula is C17H23N5O3S2. The summed E-state index contributed by atoms with van der Waals surface area (Å²) in [5, 5.41) is 11.7. The van der Waals surface area contributed by atoms with E-state index in [9.17, 15) is 13.2 Å². The van der Waals surface area contributed by atoms with Crippen molar-refractivity contribution in [2.45, 2.75) is 37.5 Å². The molecule has 1 aliphatic rings. The minimum absolute atomic E-state index is 0.0236. The van der Waals surface area contributed by atoms with Crippen molar-refractivity contribution >= 4 is 33.4 Å². The van der Waals surface area contributed by atoms with Gasteiger partial charge < -0.3 is 9.88 Å². The molecule has 0 spiro atoms. The van der Waals surface area contributed by atoms with Crippen molar-refractivity contribution in [3.8, 4) is 0 Å². The molecule has 0 radical (unpaired) electrons. The van der Waals surface area contributed by atoms with E-state index in [1.165, 1.54) is 22.3 Å². The summed E-state index contributed by atoms with van der Waals surface area (Å²) in [4.78, 5) is 11.8. The van der Waals surface area contributed by atoms with Gasteiger partial charge >= 0.3 is 0 Å². The summed E-state index contributed by atoms with van der Waals surface area (Å²) >= 11 is 1.29. The third-order valence-corrected chi connectivity index (χ3v) is 6.37. The number of nitrogens with one attached hydrogen (secondary N) is 1. The summed E-state index contributed by atoms with van der Waals surface area (Å²) < 4.78 is 27.6. The number of nitrogens with zero attached hydrogens (tertiary/aromatic N) is 4. The van der Waals surface area contributed by atoms with Gasteiger partial charge in [-0.3, -0.25) is 9.10 Å².